The second-order valence-corrected chi connectivity index (χ2v) is 12.6. The van der Waals surface area contributed by atoms with E-state index in [0.717, 1.165) is 48.4 Å². The highest BCUT2D eigenvalue weighted by Crippen LogP contribution is 2.54. The van der Waals surface area contributed by atoms with Crippen LogP contribution in [0.25, 0.3) is 0 Å². The highest BCUT2D eigenvalue weighted by molar-refractivity contribution is 5.30. The Morgan fingerprint density at radius 2 is 1.41 bits per heavy atom. The third-order valence-corrected chi connectivity index (χ3v) is 9.56. The lowest BCUT2D eigenvalue weighted by atomic mass is 9.54. The summed E-state index contributed by atoms with van der Waals surface area (Å²) in [6.07, 6.45) is 15.3. The van der Waals surface area contributed by atoms with Crippen LogP contribution >= 0.6 is 0 Å². The zero-order valence-corrected chi connectivity index (χ0v) is 22.8. The highest BCUT2D eigenvalue weighted by atomic mass is 16.7. The quantitative estimate of drug-likeness (QED) is 0.319. The van der Waals surface area contributed by atoms with E-state index < -0.39 is 0 Å². The molecular weight excluding hydrogens is 416 g/mol. The monoisotopic (exact) mass is 468 g/mol. The van der Waals surface area contributed by atoms with Crippen molar-refractivity contribution in [3.8, 4) is 5.75 Å². The molecule has 1 aromatic carbocycles. The van der Waals surface area contributed by atoms with E-state index in [-0.39, 0.29) is 6.29 Å². The molecule has 34 heavy (non-hydrogen) atoms. The second-order valence-electron chi connectivity index (χ2n) is 12.6. The summed E-state index contributed by atoms with van der Waals surface area (Å²) < 4.78 is 12.8. The van der Waals surface area contributed by atoms with E-state index in [0.29, 0.717) is 17.8 Å². The van der Waals surface area contributed by atoms with Crippen molar-refractivity contribution in [3.05, 3.63) is 29.8 Å². The third-order valence-electron chi connectivity index (χ3n) is 9.56. The molecule has 4 rings (SSSR count). The molecule has 0 aliphatic heterocycles. The fraction of sp³-hybridized carbons (Fsp3) is 0.812. The minimum Gasteiger partial charge on any atom is -0.465 e. The summed E-state index contributed by atoms with van der Waals surface area (Å²) >= 11 is 0. The molecule has 1 aromatic rings. The summed E-state index contributed by atoms with van der Waals surface area (Å²) in [7, 11) is 0. The Balaban J connectivity index is 1.46. The molecule has 192 valence electrons. The Labute approximate surface area is 210 Å². The Bertz CT molecular complexity index is 701. The maximum atomic E-state index is 6.57. The average molecular weight is 469 g/mol. The SMILES string of the molecule is CCOC(CC1C2CCCCC2CC2CCCCC21)Oc1ccc(C(CC(C)C)C(C)C)cc1. The van der Waals surface area contributed by atoms with Crippen LogP contribution in [0.5, 0.6) is 5.75 Å². The summed E-state index contributed by atoms with van der Waals surface area (Å²) in [6.45, 7) is 12.2. The van der Waals surface area contributed by atoms with Gasteiger partial charge >= 0.3 is 0 Å². The first kappa shape index (κ1) is 26.1. The van der Waals surface area contributed by atoms with Crippen LogP contribution in [0.3, 0.4) is 0 Å². The van der Waals surface area contributed by atoms with Crippen molar-refractivity contribution < 1.29 is 9.47 Å². The summed E-state index contributed by atoms with van der Waals surface area (Å²) in [6, 6.07) is 9.01. The van der Waals surface area contributed by atoms with Crippen molar-refractivity contribution >= 4 is 0 Å². The van der Waals surface area contributed by atoms with Gasteiger partial charge in [0.1, 0.15) is 5.75 Å². The molecule has 0 aromatic heterocycles. The fourth-order valence-corrected chi connectivity index (χ4v) is 8.05. The molecule has 3 aliphatic carbocycles. The number of benzene rings is 1. The molecule has 0 bridgehead atoms. The number of fused-ring (bicyclic) bond motifs is 2. The van der Waals surface area contributed by atoms with Crippen molar-refractivity contribution in [1.29, 1.82) is 0 Å². The molecule has 2 nitrogen and oxygen atoms in total. The van der Waals surface area contributed by atoms with Crippen molar-refractivity contribution in [2.75, 3.05) is 6.61 Å². The molecule has 3 saturated carbocycles. The zero-order chi connectivity index (χ0) is 24.1. The van der Waals surface area contributed by atoms with Gasteiger partial charge in [-0.15, -0.1) is 0 Å². The van der Waals surface area contributed by atoms with Crippen LogP contribution in [-0.2, 0) is 4.74 Å². The first-order valence-electron chi connectivity index (χ1n) is 14.8. The fourth-order valence-electron chi connectivity index (χ4n) is 8.05. The molecule has 0 amide bonds. The van der Waals surface area contributed by atoms with Gasteiger partial charge in [-0.2, -0.15) is 0 Å². The van der Waals surface area contributed by atoms with Gasteiger partial charge in [0.2, 0.25) is 0 Å². The van der Waals surface area contributed by atoms with Gasteiger partial charge in [0.25, 0.3) is 0 Å². The van der Waals surface area contributed by atoms with Crippen LogP contribution in [0.15, 0.2) is 24.3 Å². The van der Waals surface area contributed by atoms with Crippen LogP contribution in [0.1, 0.15) is 117 Å². The van der Waals surface area contributed by atoms with Gasteiger partial charge in [-0.25, -0.2) is 0 Å². The standard InChI is InChI=1S/C32H52O2/c1-6-33-32(34-27-17-15-24(16-18-27)30(23(4)5)19-22(2)3)21-31-28-13-9-7-11-25(28)20-26-12-8-10-14-29(26)31/h15-18,22-23,25-26,28-32H,6-14,19-21H2,1-5H3. The van der Waals surface area contributed by atoms with E-state index >= 15 is 0 Å². The lowest BCUT2D eigenvalue weighted by Crippen LogP contribution is -2.45. The van der Waals surface area contributed by atoms with Crippen LogP contribution in [-0.4, -0.2) is 12.9 Å². The van der Waals surface area contributed by atoms with E-state index in [1.807, 2.05) is 0 Å². The third kappa shape index (κ3) is 6.40. The second kappa shape index (κ2) is 12.3. The van der Waals surface area contributed by atoms with Gasteiger partial charge in [0.05, 0.1) is 0 Å². The van der Waals surface area contributed by atoms with Crippen molar-refractivity contribution in [3.63, 3.8) is 0 Å². The summed E-state index contributed by atoms with van der Waals surface area (Å²) in [5.74, 6) is 7.50. The maximum Gasteiger partial charge on any atom is 0.200 e. The molecule has 3 aliphatic rings. The largest absolute Gasteiger partial charge is 0.465 e. The van der Waals surface area contributed by atoms with Crippen molar-refractivity contribution in [2.45, 2.75) is 117 Å². The van der Waals surface area contributed by atoms with Gasteiger partial charge in [0.15, 0.2) is 6.29 Å². The topological polar surface area (TPSA) is 18.5 Å². The predicted molar refractivity (Wildman–Crippen MR) is 143 cm³/mol. The normalized spacial score (nSPS) is 31.1. The first-order valence-corrected chi connectivity index (χ1v) is 14.8. The summed E-state index contributed by atoms with van der Waals surface area (Å²) in [5.41, 5.74) is 1.45. The van der Waals surface area contributed by atoms with Crippen LogP contribution in [0, 0.1) is 41.4 Å². The molecule has 6 atom stereocenters. The molecule has 0 radical (unpaired) electrons. The molecule has 2 heteroatoms. The van der Waals surface area contributed by atoms with Crippen LogP contribution in [0.2, 0.25) is 0 Å². The molecule has 0 heterocycles. The molecule has 0 saturated heterocycles. The van der Waals surface area contributed by atoms with Gasteiger partial charge in [-0.05, 0) is 97.6 Å². The Morgan fingerprint density at radius 3 is 1.94 bits per heavy atom. The average Bonchev–Trinajstić information content (AvgIpc) is 2.83. The Hall–Kier alpha value is -1.02. The highest BCUT2D eigenvalue weighted by Gasteiger charge is 2.46. The van der Waals surface area contributed by atoms with E-state index in [9.17, 15) is 0 Å². The van der Waals surface area contributed by atoms with E-state index in [1.165, 1.54) is 69.8 Å². The number of hydrogen-bond donors (Lipinski definition) is 0. The Kier molecular flexibility index (Phi) is 9.42. The van der Waals surface area contributed by atoms with Gasteiger partial charge < -0.3 is 9.47 Å². The van der Waals surface area contributed by atoms with E-state index in [4.69, 9.17) is 9.47 Å². The molecule has 0 N–H and O–H groups in total. The Morgan fingerprint density at radius 1 is 0.824 bits per heavy atom. The van der Waals surface area contributed by atoms with Crippen LogP contribution in [0.4, 0.5) is 0 Å². The smallest absolute Gasteiger partial charge is 0.200 e. The minimum absolute atomic E-state index is 0.110. The minimum atomic E-state index is -0.110. The maximum absolute atomic E-state index is 6.57. The van der Waals surface area contributed by atoms with Crippen molar-refractivity contribution in [2.24, 2.45) is 41.4 Å². The van der Waals surface area contributed by atoms with E-state index in [2.05, 4.69) is 58.9 Å². The number of hydrogen-bond acceptors (Lipinski definition) is 2. The van der Waals surface area contributed by atoms with Gasteiger partial charge in [0, 0.05) is 13.0 Å². The lowest BCUT2D eigenvalue weighted by molar-refractivity contribution is -0.117. The molecule has 6 unspecified atom stereocenters. The summed E-state index contributed by atoms with van der Waals surface area (Å²) in [4.78, 5) is 0. The lowest BCUT2D eigenvalue weighted by Gasteiger charge is -2.52. The molecule has 3 fully saturated rings. The van der Waals surface area contributed by atoms with Gasteiger partial charge in [-0.3, -0.25) is 0 Å². The molecular formula is C32H52O2. The van der Waals surface area contributed by atoms with E-state index in [1.54, 1.807) is 0 Å². The molecule has 0 spiro atoms. The van der Waals surface area contributed by atoms with Gasteiger partial charge in [-0.1, -0.05) is 78.4 Å². The summed E-state index contributed by atoms with van der Waals surface area (Å²) in [5, 5.41) is 0. The van der Waals surface area contributed by atoms with Crippen LogP contribution < -0.4 is 4.74 Å². The first-order chi connectivity index (χ1) is 16.5. The number of ether oxygens (including phenoxy) is 2. The number of rotatable bonds is 10. The zero-order valence-electron chi connectivity index (χ0n) is 22.8. The van der Waals surface area contributed by atoms with Crippen molar-refractivity contribution in [1.82, 2.24) is 0 Å². The predicted octanol–water partition coefficient (Wildman–Crippen LogP) is 9.24.